The molecular formula is C9H13N3O5V2W4-4. The van der Waals surface area contributed by atoms with E-state index in [4.69, 9.17) is 0 Å². The number of likely N-dealkylation sites (N-methyl/N-ethyl adjacent to an activating group) is 3. The fourth-order valence-electron chi connectivity index (χ4n) is 0.403. The molecule has 0 rings (SSSR count). The van der Waals surface area contributed by atoms with Crippen molar-refractivity contribution in [1.29, 1.82) is 0 Å². The zero-order valence-electron chi connectivity index (χ0n) is 12.2. The van der Waals surface area contributed by atoms with E-state index in [9.17, 15) is 19.2 Å². The van der Waals surface area contributed by atoms with Gasteiger partial charge in [-0.15, -0.1) is 6.47 Å². The van der Waals surface area contributed by atoms with Crippen LogP contribution in [0.2, 0.25) is 0 Å². The van der Waals surface area contributed by atoms with Gasteiger partial charge in [0, 0.05) is 135 Å². The van der Waals surface area contributed by atoms with Crippen LogP contribution in [-0.4, -0.2) is 50.7 Å². The molecule has 0 spiro atoms. The van der Waals surface area contributed by atoms with Gasteiger partial charge in [0.25, 0.3) is 0 Å². The molecule has 132 valence electrons. The summed E-state index contributed by atoms with van der Waals surface area (Å²) in [5.74, 6) is -0.783. The van der Waals surface area contributed by atoms with Crippen LogP contribution in [0.1, 0.15) is 0 Å². The minimum atomic E-state index is -0.464. The number of nitrogens with zero attached hydrogens (tertiary/aromatic N) is 1. The molecule has 0 heterocycles. The zero-order chi connectivity index (χ0) is 13.7. The maximum atomic E-state index is 10.4. The van der Waals surface area contributed by atoms with Crippen LogP contribution in [0.5, 0.6) is 0 Å². The SMILES string of the molecule is CNC(=O)[CH-]N(C)[C-]=O.CNC(=O)[CH-]O[C-]=O.[V].[V].[W].[W].[W].[W]. The number of ether oxygens (including phenoxy) is 1. The van der Waals surface area contributed by atoms with Crippen LogP contribution in [0, 0.1) is 13.2 Å². The molecule has 2 N–H and O–H groups in total. The van der Waals surface area contributed by atoms with Gasteiger partial charge in [0.05, 0.1) is 5.91 Å². The normalized spacial score (nSPS) is 5.52. The predicted molar refractivity (Wildman–Crippen MR) is 57.0 cm³/mol. The first-order chi connectivity index (χ1) is 8.01. The van der Waals surface area contributed by atoms with Crippen LogP contribution >= 0.6 is 0 Å². The Labute approximate surface area is 217 Å². The molecule has 0 aromatic rings. The molecule has 0 aliphatic heterocycles. The molecule has 0 aromatic carbocycles. The average Bonchev–Trinajstić information content (AvgIpc) is 2.36. The van der Waals surface area contributed by atoms with E-state index in [0.717, 1.165) is 24.5 Å². The van der Waals surface area contributed by atoms with E-state index in [1.807, 2.05) is 0 Å². The summed E-state index contributed by atoms with van der Waals surface area (Å²) < 4.78 is 3.84. The van der Waals surface area contributed by atoms with Crippen molar-refractivity contribution < 1.29 is 145 Å². The summed E-state index contributed by atoms with van der Waals surface area (Å²) in [6.07, 6.45) is 1.50. The second kappa shape index (κ2) is 38.9. The maximum absolute atomic E-state index is 10.4. The van der Waals surface area contributed by atoms with Crippen molar-refractivity contribution in [3.05, 3.63) is 13.2 Å². The number of amides is 3. The molecule has 0 aliphatic carbocycles. The van der Waals surface area contributed by atoms with Gasteiger partial charge in [0.1, 0.15) is 5.91 Å². The summed E-state index contributed by atoms with van der Waals surface area (Å²) in [6.45, 7) is 2.90. The van der Waals surface area contributed by atoms with Gasteiger partial charge in [0.15, 0.2) is 0 Å². The second-order valence-corrected chi connectivity index (χ2v) is 2.38. The summed E-state index contributed by atoms with van der Waals surface area (Å²) in [5.41, 5.74) is 0. The fraction of sp³-hybridized carbons (Fsp3) is 0.333. The largest absolute Gasteiger partial charge is 0.790 e. The van der Waals surface area contributed by atoms with Crippen LogP contribution in [0.3, 0.4) is 0 Å². The summed E-state index contributed by atoms with van der Waals surface area (Å²) in [4.78, 5) is 40.5. The van der Waals surface area contributed by atoms with Gasteiger partial charge in [-0.3, -0.25) is 6.54 Å². The van der Waals surface area contributed by atoms with Crippen molar-refractivity contribution in [2.75, 3.05) is 21.1 Å². The summed E-state index contributed by atoms with van der Waals surface area (Å²) >= 11 is 0. The Morgan fingerprint density at radius 2 is 1.35 bits per heavy atom. The van der Waals surface area contributed by atoms with Crippen LogP contribution < -0.4 is 10.6 Å². The molecule has 0 saturated heterocycles. The third kappa shape index (κ3) is 45.2. The minimum absolute atomic E-state index is 0. The molecule has 0 aromatic heterocycles. The van der Waals surface area contributed by atoms with Gasteiger partial charge < -0.3 is 39.4 Å². The van der Waals surface area contributed by atoms with Gasteiger partial charge in [0.2, 0.25) is 0 Å². The first kappa shape index (κ1) is 49.7. The third-order valence-electron chi connectivity index (χ3n) is 1.16. The van der Waals surface area contributed by atoms with E-state index in [0.29, 0.717) is 0 Å². The number of hydrogen-bond donors (Lipinski definition) is 2. The van der Waals surface area contributed by atoms with Crippen LogP contribution in [-0.2, 0) is 145 Å². The quantitative estimate of drug-likeness (QED) is 0.234. The molecule has 0 fully saturated rings. The van der Waals surface area contributed by atoms with Crippen LogP contribution in [0.25, 0.3) is 0 Å². The van der Waals surface area contributed by atoms with Crippen LogP contribution in [0.15, 0.2) is 0 Å². The van der Waals surface area contributed by atoms with E-state index in [2.05, 4.69) is 15.4 Å². The standard InChI is InChI=1S/C5H8N2O2.C4H5NO3.2V.4W/c1-6-5(9)3-7(2)4-8;1-5-4(7)2-8-3-6;;;;;;/h3H,1-2H3,(H,6,9);2H,1H3,(H,5,7);;;;;;/q2*-2;;;;;;. The van der Waals surface area contributed by atoms with E-state index in [1.54, 1.807) is 0 Å². The monoisotopic (exact) mass is 1080 g/mol. The van der Waals surface area contributed by atoms with Crippen molar-refractivity contribution >= 4 is 24.7 Å². The molecule has 14 heteroatoms. The summed E-state index contributed by atoms with van der Waals surface area (Å²) in [7, 11) is 4.34. The van der Waals surface area contributed by atoms with Gasteiger partial charge in [-0.2, -0.15) is 13.0 Å². The molecule has 23 heavy (non-hydrogen) atoms. The summed E-state index contributed by atoms with van der Waals surface area (Å²) in [6, 6.07) is 0. The molecular weight excluding hydrogens is 1070 g/mol. The number of hydrogen-bond acceptors (Lipinski definition) is 5. The van der Waals surface area contributed by atoms with Crippen molar-refractivity contribution in [3.8, 4) is 0 Å². The van der Waals surface area contributed by atoms with E-state index >= 15 is 0 Å². The first-order valence-electron chi connectivity index (χ1n) is 4.26. The fourth-order valence-corrected chi connectivity index (χ4v) is 0.403. The molecule has 0 bridgehead atoms. The predicted octanol–water partition coefficient (Wildman–Crippen LogP) is -2.14. The zero-order valence-corrected chi connectivity index (χ0v) is 26.7. The van der Waals surface area contributed by atoms with Crippen molar-refractivity contribution in [2.24, 2.45) is 0 Å². The molecule has 3 amide bonds. The Bertz CT molecular complexity index is 282. The average molecular weight is 1080 g/mol. The van der Waals surface area contributed by atoms with E-state index in [-0.39, 0.29) is 127 Å². The van der Waals surface area contributed by atoms with Gasteiger partial charge >= 0.3 is 0 Å². The first-order valence-corrected chi connectivity index (χ1v) is 4.26. The Kier molecular flexibility index (Phi) is 84.0. The maximum Gasteiger partial charge on any atom is 0.113 e. The summed E-state index contributed by atoms with van der Waals surface area (Å²) in [5, 5.41) is 4.52. The topological polar surface area (TPSA) is 105 Å². The Hall–Kier alpha value is 1.54. The smallest absolute Gasteiger partial charge is 0.113 e. The van der Waals surface area contributed by atoms with Gasteiger partial charge in [-0.25, -0.2) is 0 Å². The number of carbonyl (C=O) groups excluding carboxylic acids is 4. The number of carbonyl (C=O) groups is 2. The molecule has 2 radical (unpaired) electrons. The van der Waals surface area contributed by atoms with Crippen molar-refractivity contribution in [2.45, 2.75) is 0 Å². The Morgan fingerprint density at radius 3 is 1.61 bits per heavy atom. The number of nitrogens with one attached hydrogen (secondary N) is 2. The Balaban J connectivity index is -0.0000000260. The number of rotatable bonds is 6. The van der Waals surface area contributed by atoms with Gasteiger partial charge in [-0.1, -0.05) is 0 Å². The van der Waals surface area contributed by atoms with E-state index < -0.39 is 5.91 Å². The van der Waals surface area contributed by atoms with Crippen molar-refractivity contribution in [1.82, 2.24) is 15.5 Å². The molecule has 0 unspecified atom stereocenters. The Morgan fingerprint density at radius 1 is 0.957 bits per heavy atom. The molecule has 0 aliphatic rings. The third-order valence-corrected chi connectivity index (χ3v) is 1.16. The van der Waals surface area contributed by atoms with Crippen molar-refractivity contribution in [3.63, 3.8) is 0 Å². The van der Waals surface area contributed by atoms with E-state index in [1.165, 1.54) is 27.6 Å². The molecule has 8 nitrogen and oxygen atoms in total. The minimum Gasteiger partial charge on any atom is -0.790 e. The second-order valence-electron chi connectivity index (χ2n) is 2.38. The van der Waals surface area contributed by atoms with Gasteiger partial charge in [-0.05, 0) is 7.05 Å². The van der Waals surface area contributed by atoms with Crippen LogP contribution in [0.4, 0.5) is 0 Å². The molecule has 0 saturated carbocycles. The molecule has 0 atom stereocenters.